The summed E-state index contributed by atoms with van der Waals surface area (Å²) in [5, 5.41) is 0. The summed E-state index contributed by atoms with van der Waals surface area (Å²) in [6.45, 7) is 6.09. The van der Waals surface area contributed by atoms with Crippen molar-refractivity contribution < 1.29 is 23.5 Å². The summed E-state index contributed by atoms with van der Waals surface area (Å²) in [4.78, 5) is 23.6. The Morgan fingerprint density at radius 2 is 1.90 bits per heavy atom. The molecular formula is C16H22O5. The number of esters is 2. The quantitative estimate of drug-likeness (QED) is 0.688. The average molecular weight is 294 g/mol. The number of rotatable bonds is 8. The molecule has 0 amide bonds. The summed E-state index contributed by atoms with van der Waals surface area (Å²) >= 11 is 0. The van der Waals surface area contributed by atoms with Gasteiger partial charge >= 0.3 is 11.9 Å². The number of carbonyl (C=O) groups excluding carboxylic acids is 2. The molecule has 0 aromatic carbocycles. The molecule has 1 aromatic heterocycles. The summed E-state index contributed by atoms with van der Waals surface area (Å²) < 4.78 is 15.3. The van der Waals surface area contributed by atoms with Crippen LogP contribution in [0.3, 0.4) is 0 Å². The van der Waals surface area contributed by atoms with Crippen LogP contribution in [0.5, 0.6) is 0 Å². The molecule has 0 atom stereocenters. The topological polar surface area (TPSA) is 65.7 Å². The van der Waals surface area contributed by atoms with Gasteiger partial charge in [-0.05, 0) is 26.3 Å². The molecule has 5 heteroatoms. The molecular weight excluding hydrogens is 272 g/mol. The molecule has 1 rings (SSSR count). The number of unbranched alkanes of at least 4 members (excludes halogenated alkanes) is 1. The van der Waals surface area contributed by atoms with Crippen molar-refractivity contribution in [3.63, 3.8) is 0 Å². The Balaban J connectivity index is 3.01. The lowest BCUT2D eigenvalue weighted by Gasteiger charge is -2.04. The van der Waals surface area contributed by atoms with Crippen molar-refractivity contribution in [1.82, 2.24) is 0 Å². The molecule has 21 heavy (non-hydrogen) atoms. The third-order valence-corrected chi connectivity index (χ3v) is 2.74. The highest BCUT2D eigenvalue weighted by atomic mass is 16.5. The van der Waals surface area contributed by atoms with Crippen molar-refractivity contribution in [1.29, 1.82) is 0 Å². The number of allylic oxidation sites excluding steroid dienone is 1. The SMILES string of the molecule is CCC/C=C/c1occ(CC(=O)OCC)c1C(=O)OCC. The molecule has 1 aromatic rings. The second-order valence-corrected chi connectivity index (χ2v) is 4.39. The third kappa shape index (κ3) is 5.10. The van der Waals surface area contributed by atoms with Crippen LogP contribution < -0.4 is 0 Å². The second kappa shape index (κ2) is 9.00. The minimum absolute atomic E-state index is 0.00684. The van der Waals surface area contributed by atoms with Gasteiger partial charge in [0.25, 0.3) is 0 Å². The van der Waals surface area contributed by atoms with Gasteiger partial charge in [0.2, 0.25) is 0 Å². The largest absolute Gasteiger partial charge is 0.466 e. The Bertz CT molecular complexity index is 499. The smallest absolute Gasteiger partial charge is 0.342 e. The van der Waals surface area contributed by atoms with E-state index >= 15 is 0 Å². The van der Waals surface area contributed by atoms with E-state index in [9.17, 15) is 9.59 Å². The zero-order chi connectivity index (χ0) is 15.7. The number of furan rings is 1. The molecule has 0 saturated heterocycles. The van der Waals surface area contributed by atoms with Crippen LogP contribution in [0.15, 0.2) is 16.8 Å². The van der Waals surface area contributed by atoms with Crippen molar-refractivity contribution in [3.8, 4) is 0 Å². The highest BCUT2D eigenvalue weighted by Crippen LogP contribution is 2.21. The van der Waals surface area contributed by atoms with E-state index < -0.39 is 11.9 Å². The second-order valence-electron chi connectivity index (χ2n) is 4.39. The van der Waals surface area contributed by atoms with E-state index in [2.05, 4.69) is 6.92 Å². The van der Waals surface area contributed by atoms with E-state index in [0.717, 1.165) is 12.8 Å². The predicted molar refractivity (Wildman–Crippen MR) is 78.9 cm³/mol. The number of ether oxygens (including phenoxy) is 2. The third-order valence-electron chi connectivity index (χ3n) is 2.74. The fourth-order valence-electron chi connectivity index (χ4n) is 1.82. The first-order valence-corrected chi connectivity index (χ1v) is 7.23. The van der Waals surface area contributed by atoms with Crippen LogP contribution in [0.25, 0.3) is 6.08 Å². The van der Waals surface area contributed by atoms with Gasteiger partial charge in [0.1, 0.15) is 11.3 Å². The molecule has 0 saturated carbocycles. The lowest BCUT2D eigenvalue weighted by Crippen LogP contribution is -2.12. The monoisotopic (exact) mass is 294 g/mol. The Labute approximate surface area is 124 Å². The lowest BCUT2D eigenvalue weighted by molar-refractivity contribution is -0.142. The van der Waals surface area contributed by atoms with Crippen LogP contribution in [0.4, 0.5) is 0 Å². The molecule has 0 bridgehead atoms. The van der Waals surface area contributed by atoms with Crippen LogP contribution in [0.2, 0.25) is 0 Å². The molecule has 116 valence electrons. The number of carbonyl (C=O) groups is 2. The highest BCUT2D eigenvalue weighted by molar-refractivity contribution is 5.95. The van der Waals surface area contributed by atoms with Crippen molar-refractivity contribution >= 4 is 18.0 Å². The highest BCUT2D eigenvalue weighted by Gasteiger charge is 2.22. The molecule has 5 nitrogen and oxygen atoms in total. The van der Waals surface area contributed by atoms with E-state index in [1.165, 1.54) is 6.26 Å². The fourth-order valence-corrected chi connectivity index (χ4v) is 1.82. The van der Waals surface area contributed by atoms with Crippen LogP contribution in [-0.2, 0) is 20.7 Å². The zero-order valence-corrected chi connectivity index (χ0v) is 12.8. The predicted octanol–water partition coefficient (Wildman–Crippen LogP) is 3.38. The van der Waals surface area contributed by atoms with Crippen LogP contribution in [0, 0.1) is 0 Å². The number of hydrogen-bond acceptors (Lipinski definition) is 5. The van der Waals surface area contributed by atoms with Crippen molar-refractivity contribution in [3.05, 3.63) is 29.2 Å². The minimum atomic E-state index is -0.485. The molecule has 0 spiro atoms. The molecule has 1 heterocycles. The van der Waals surface area contributed by atoms with Gasteiger partial charge in [0, 0.05) is 5.56 Å². The Kier molecular flexibility index (Phi) is 7.29. The van der Waals surface area contributed by atoms with E-state index in [1.54, 1.807) is 19.9 Å². The maximum Gasteiger partial charge on any atom is 0.342 e. The van der Waals surface area contributed by atoms with E-state index in [0.29, 0.717) is 23.5 Å². The van der Waals surface area contributed by atoms with Crippen molar-refractivity contribution in [2.75, 3.05) is 13.2 Å². The number of hydrogen-bond donors (Lipinski definition) is 0. The molecule has 0 N–H and O–H groups in total. The normalized spacial score (nSPS) is 10.8. The van der Waals surface area contributed by atoms with Gasteiger partial charge in [0.15, 0.2) is 0 Å². The maximum absolute atomic E-state index is 12.1. The van der Waals surface area contributed by atoms with E-state index in [-0.39, 0.29) is 13.0 Å². The van der Waals surface area contributed by atoms with Gasteiger partial charge < -0.3 is 13.9 Å². The standard InChI is InChI=1S/C16H22O5/c1-4-7-8-9-13-15(16(18)20-6-3)12(11-21-13)10-14(17)19-5-2/h8-9,11H,4-7,10H2,1-3H3/b9-8+. The van der Waals surface area contributed by atoms with Gasteiger partial charge in [-0.3, -0.25) is 4.79 Å². The Morgan fingerprint density at radius 1 is 1.19 bits per heavy atom. The molecule has 0 aliphatic heterocycles. The van der Waals surface area contributed by atoms with Crippen molar-refractivity contribution in [2.45, 2.75) is 40.0 Å². The molecule has 0 aliphatic carbocycles. The summed E-state index contributed by atoms with van der Waals surface area (Å²) in [6, 6.07) is 0. The van der Waals surface area contributed by atoms with Crippen molar-refractivity contribution in [2.24, 2.45) is 0 Å². The summed E-state index contributed by atoms with van der Waals surface area (Å²) in [7, 11) is 0. The molecule has 0 fully saturated rings. The van der Waals surface area contributed by atoms with Gasteiger partial charge in [-0.15, -0.1) is 0 Å². The van der Waals surface area contributed by atoms with Crippen LogP contribution in [0.1, 0.15) is 55.3 Å². The first kappa shape index (κ1) is 17.0. The zero-order valence-electron chi connectivity index (χ0n) is 12.8. The minimum Gasteiger partial charge on any atom is -0.466 e. The summed E-state index contributed by atoms with van der Waals surface area (Å²) in [5.74, 6) is -0.462. The van der Waals surface area contributed by atoms with Gasteiger partial charge in [-0.25, -0.2) is 4.79 Å². The average Bonchev–Trinajstić information content (AvgIpc) is 2.82. The van der Waals surface area contributed by atoms with E-state index in [4.69, 9.17) is 13.9 Å². The Morgan fingerprint density at radius 3 is 2.52 bits per heavy atom. The van der Waals surface area contributed by atoms with Crippen LogP contribution in [-0.4, -0.2) is 25.2 Å². The van der Waals surface area contributed by atoms with Gasteiger partial charge in [-0.2, -0.15) is 0 Å². The summed E-state index contributed by atoms with van der Waals surface area (Å²) in [6.07, 6.45) is 6.96. The Hall–Kier alpha value is -2.04. The maximum atomic E-state index is 12.1. The molecule has 0 radical (unpaired) electrons. The molecule has 0 aliphatic rings. The van der Waals surface area contributed by atoms with E-state index in [1.807, 2.05) is 6.08 Å². The van der Waals surface area contributed by atoms with Crippen LogP contribution >= 0.6 is 0 Å². The molecule has 0 unspecified atom stereocenters. The van der Waals surface area contributed by atoms with Gasteiger partial charge in [-0.1, -0.05) is 19.4 Å². The first-order valence-electron chi connectivity index (χ1n) is 7.23. The summed E-state index contributed by atoms with van der Waals surface area (Å²) in [5.41, 5.74) is 0.792. The fraction of sp³-hybridized carbons (Fsp3) is 0.500. The first-order chi connectivity index (χ1) is 10.1. The lowest BCUT2D eigenvalue weighted by atomic mass is 10.1. The van der Waals surface area contributed by atoms with Gasteiger partial charge in [0.05, 0.1) is 25.9 Å².